The number of phenols is 1. The Morgan fingerprint density at radius 3 is 2.56 bits per heavy atom. The van der Waals surface area contributed by atoms with Crippen molar-refractivity contribution in [3.05, 3.63) is 58.1 Å². The zero-order chi connectivity index (χ0) is 18.4. The highest BCUT2D eigenvalue weighted by molar-refractivity contribution is 7.80. The lowest BCUT2D eigenvalue weighted by atomic mass is 10.2. The van der Waals surface area contributed by atoms with Crippen LogP contribution in [0.3, 0.4) is 0 Å². The molecule has 3 N–H and O–H groups in total. The number of anilines is 1. The number of benzene rings is 2. The van der Waals surface area contributed by atoms with Crippen LogP contribution in [0, 0.1) is 10.1 Å². The molecule has 0 saturated carbocycles. The Morgan fingerprint density at radius 1 is 1.28 bits per heavy atom. The van der Waals surface area contributed by atoms with E-state index in [1.807, 2.05) is 6.92 Å². The molecule has 0 radical (unpaired) electrons. The average molecular weight is 361 g/mol. The Kier molecular flexibility index (Phi) is 5.85. The molecule has 0 aliphatic heterocycles. The summed E-state index contributed by atoms with van der Waals surface area (Å²) in [7, 11) is 0. The third-order valence-electron chi connectivity index (χ3n) is 3.09. The van der Waals surface area contributed by atoms with E-state index in [2.05, 4.69) is 10.6 Å². The highest BCUT2D eigenvalue weighted by Gasteiger charge is 2.13. The molecule has 25 heavy (non-hydrogen) atoms. The van der Waals surface area contributed by atoms with Gasteiger partial charge in [0.1, 0.15) is 11.5 Å². The predicted octanol–water partition coefficient (Wildman–Crippen LogP) is 2.83. The number of carbonyl (C=O) groups is 1. The highest BCUT2D eigenvalue weighted by atomic mass is 32.1. The number of phenolic OH excluding ortho intramolecular Hbond substituents is 1. The fourth-order valence-corrected chi connectivity index (χ4v) is 2.14. The van der Waals surface area contributed by atoms with Crippen LogP contribution in [0.2, 0.25) is 0 Å². The molecule has 0 bridgehead atoms. The van der Waals surface area contributed by atoms with Crippen LogP contribution >= 0.6 is 12.2 Å². The molecule has 9 heteroatoms. The van der Waals surface area contributed by atoms with Gasteiger partial charge in [-0.3, -0.25) is 20.2 Å². The lowest BCUT2D eigenvalue weighted by Gasteiger charge is -2.11. The summed E-state index contributed by atoms with van der Waals surface area (Å²) in [5.41, 5.74) is 0.156. The fraction of sp³-hybridized carbons (Fsp3) is 0.125. The Labute approximate surface area is 148 Å². The van der Waals surface area contributed by atoms with Crippen molar-refractivity contribution in [1.29, 1.82) is 0 Å². The molecule has 2 rings (SSSR count). The zero-order valence-electron chi connectivity index (χ0n) is 13.2. The molecule has 8 nitrogen and oxygen atoms in total. The van der Waals surface area contributed by atoms with Crippen molar-refractivity contribution in [3.8, 4) is 11.5 Å². The van der Waals surface area contributed by atoms with E-state index < -0.39 is 10.8 Å². The molecule has 0 atom stereocenters. The summed E-state index contributed by atoms with van der Waals surface area (Å²) in [4.78, 5) is 22.3. The van der Waals surface area contributed by atoms with E-state index in [1.54, 1.807) is 24.3 Å². The molecule has 0 aromatic heterocycles. The number of thiocarbonyl (C=S) groups is 1. The minimum Gasteiger partial charge on any atom is -0.506 e. The van der Waals surface area contributed by atoms with Gasteiger partial charge in [0.15, 0.2) is 5.11 Å². The summed E-state index contributed by atoms with van der Waals surface area (Å²) in [5.74, 6) is -0.0602. The van der Waals surface area contributed by atoms with Gasteiger partial charge in [-0.05, 0) is 49.5 Å². The normalized spacial score (nSPS) is 9.96. The highest BCUT2D eigenvalue weighted by Crippen LogP contribution is 2.27. The molecular weight excluding hydrogens is 346 g/mol. The van der Waals surface area contributed by atoms with E-state index in [0.29, 0.717) is 17.9 Å². The first-order valence-corrected chi connectivity index (χ1v) is 7.64. The molecule has 0 unspecified atom stereocenters. The summed E-state index contributed by atoms with van der Waals surface area (Å²) >= 11 is 5.00. The maximum Gasteiger partial charge on any atom is 0.271 e. The molecule has 0 spiro atoms. The molecule has 0 heterocycles. The molecule has 130 valence electrons. The van der Waals surface area contributed by atoms with E-state index in [4.69, 9.17) is 17.0 Å². The van der Waals surface area contributed by atoms with Crippen LogP contribution in [0.1, 0.15) is 17.3 Å². The van der Waals surface area contributed by atoms with Crippen LogP contribution < -0.4 is 15.4 Å². The minimum atomic E-state index is -0.605. The van der Waals surface area contributed by atoms with Crippen LogP contribution in [0.4, 0.5) is 11.4 Å². The third kappa shape index (κ3) is 4.88. The smallest absolute Gasteiger partial charge is 0.271 e. The van der Waals surface area contributed by atoms with Gasteiger partial charge in [0.05, 0.1) is 17.2 Å². The Bertz CT molecular complexity index is 808. The van der Waals surface area contributed by atoms with Crippen molar-refractivity contribution in [3.63, 3.8) is 0 Å². The number of carbonyl (C=O) groups excluding carboxylic acids is 1. The van der Waals surface area contributed by atoms with Crippen LogP contribution in [0.25, 0.3) is 0 Å². The van der Waals surface area contributed by atoms with Gasteiger partial charge in [-0.1, -0.05) is 0 Å². The van der Waals surface area contributed by atoms with Crippen molar-refractivity contribution in [2.45, 2.75) is 6.92 Å². The third-order valence-corrected chi connectivity index (χ3v) is 3.30. The quantitative estimate of drug-likeness (QED) is 0.325. The lowest BCUT2D eigenvalue weighted by molar-refractivity contribution is -0.384. The summed E-state index contributed by atoms with van der Waals surface area (Å²) < 4.78 is 5.29. The number of hydrogen-bond donors (Lipinski definition) is 3. The molecule has 0 fully saturated rings. The van der Waals surface area contributed by atoms with Crippen LogP contribution in [-0.4, -0.2) is 27.7 Å². The number of nitro groups is 1. The minimum absolute atomic E-state index is 0.0196. The summed E-state index contributed by atoms with van der Waals surface area (Å²) in [6, 6.07) is 9.90. The Hall–Kier alpha value is -3.20. The molecule has 0 saturated heterocycles. The van der Waals surface area contributed by atoms with Gasteiger partial charge in [-0.2, -0.15) is 0 Å². The number of ether oxygens (including phenoxy) is 1. The molecule has 1 amide bonds. The molecule has 2 aromatic carbocycles. The SMILES string of the molecule is CCOc1ccc(C(=O)NC(=S)Nc2cc([N+](=O)[O-])ccc2O)cc1. The van der Waals surface area contributed by atoms with E-state index >= 15 is 0 Å². The topological polar surface area (TPSA) is 114 Å². The molecule has 0 aliphatic carbocycles. The molecular formula is C16H15N3O5S. The van der Waals surface area contributed by atoms with Gasteiger partial charge < -0.3 is 15.2 Å². The first-order valence-electron chi connectivity index (χ1n) is 7.23. The van der Waals surface area contributed by atoms with Crippen molar-refractivity contribution in [2.24, 2.45) is 0 Å². The number of nitrogens with one attached hydrogen (secondary N) is 2. The van der Waals surface area contributed by atoms with E-state index in [9.17, 15) is 20.0 Å². The largest absolute Gasteiger partial charge is 0.506 e. The Balaban J connectivity index is 2.03. The number of rotatable bonds is 5. The lowest BCUT2D eigenvalue weighted by Crippen LogP contribution is -2.34. The maximum absolute atomic E-state index is 12.1. The first kappa shape index (κ1) is 18.1. The number of aromatic hydroxyl groups is 1. The van der Waals surface area contributed by atoms with Crippen molar-refractivity contribution in [1.82, 2.24) is 5.32 Å². The monoisotopic (exact) mass is 361 g/mol. The van der Waals surface area contributed by atoms with E-state index in [1.165, 1.54) is 0 Å². The van der Waals surface area contributed by atoms with Crippen LogP contribution in [-0.2, 0) is 0 Å². The second-order valence-electron chi connectivity index (χ2n) is 4.82. The summed E-state index contributed by atoms with van der Waals surface area (Å²) in [5, 5.41) is 25.4. The second kappa shape index (κ2) is 8.06. The molecule has 0 aliphatic rings. The van der Waals surface area contributed by atoms with Gasteiger partial charge in [0.25, 0.3) is 11.6 Å². The number of non-ortho nitro benzene ring substituents is 1. The van der Waals surface area contributed by atoms with Crippen LogP contribution in [0.15, 0.2) is 42.5 Å². The van der Waals surface area contributed by atoms with Gasteiger partial charge in [0, 0.05) is 17.7 Å². The Morgan fingerprint density at radius 2 is 1.96 bits per heavy atom. The maximum atomic E-state index is 12.1. The predicted molar refractivity (Wildman–Crippen MR) is 96.1 cm³/mol. The van der Waals surface area contributed by atoms with Crippen LogP contribution in [0.5, 0.6) is 11.5 Å². The van der Waals surface area contributed by atoms with Gasteiger partial charge >= 0.3 is 0 Å². The van der Waals surface area contributed by atoms with Crippen molar-refractivity contribution < 1.29 is 19.6 Å². The fourth-order valence-electron chi connectivity index (χ4n) is 1.94. The summed E-state index contributed by atoms with van der Waals surface area (Å²) in [6.45, 7) is 2.38. The number of amides is 1. The van der Waals surface area contributed by atoms with Gasteiger partial charge in [-0.15, -0.1) is 0 Å². The van der Waals surface area contributed by atoms with E-state index in [-0.39, 0.29) is 22.2 Å². The standard InChI is InChI=1S/C16H15N3O5S/c1-2-24-12-6-3-10(4-7-12)15(21)18-16(25)17-13-9-11(19(22)23)5-8-14(13)20/h3-9,20H,2H2,1H3,(H2,17,18,21,25). The van der Waals surface area contributed by atoms with Crippen molar-refractivity contribution in [2.75, 3.05) is 11.9 Å². The zero-order valence-corrected chi connectivity index (χ0v) is 14.0. The summed E-state index contributed by atoms with van der Waals surface area (Å²) in [6.07, 6.45) is 0. The number of nitro benzene ring substituents is 1. The number of nitrogens with zero attached hydrogens (tertiary/aromatic N) is 1. The second-order valence-corrected chi connectivity index (χ2v) is 5.23. The van der Waals surface area contributed by atoms with Gasteiger partial charge in [-0.25, -0.2) is 0 Å². The van der Waals surface area contributed by atoms with E-state index in [0.717, 1.165) is 18.2 Å². The van der Waals surface area contributed by atoms with Crippen molar-refractivity contribution >= 4 is 34.6 Å². The number of hydrogen-bond acceptors (Lipinski definition) is 6. The first-order chi connectivity index (χ1) is 11.9. The average Bonchev–Trinajstić information content (AvgIpc) is 2.57. The molecule has 2 aromatic rings. The van der Waals surface area contributed by atoms with Gasteiger partial charge in [0.2, 0.25) is 0 Å².